The summed E-state index contributed by atoms with van der Waals surface area (Å²) in [5.41, 5.74) is 1.83. The largest absolute Gasteiger partial charge is 0.452 e. The summed E-state index contributed by atoms with van der Waals surface area (Å²) in [6.45, 7) is 1.23. The summed E-state index contributed by atoms with van der Waals surface area (Å²) in [6, 6.07) is 10.4. The minimum Gasteiger partial charge on any atom is -0.452 e. The lowest BCUT2D eigenvalue weighted by Crippen LogP contribution is -2.21. The zero-order chi connectivity index (χ0) is 18.7. The normalized spacial score (nSPS) is 10.3. The first kappa shape index (κ1) is 17.9. The van der Waals surface area contributed by atoms with Crippen LogP contribution < -0.4 is 5.32 Å². The van der Waals surface area contributed by atoms with Crippen molar-refractivity contribution >= 4 is 50.7 Å². The first-order chi connectivity index (χ1) is 12.5. The van der Waals surface area contributed by atoms with Gasteiger partial charge in [-0.1, -0.05) is 11.6 Å². The van der Waals surface area contributed by atoms with Crippen LogP contribution in [0.1, 0.15) is 21.6 Å². The maximum atomic E-state index is 12.3. The van der Waals surface area contributed by atoms with Gasteiger partial charge in [0.1, 0.15) is 11.1 Å². The van der Waals surface area contributed by atoms with E-state index in [-0.39, 0.29) is 5.56 Å². The average Bonchev–Trinajstić information content (AvgIpc) is 3.06. The van der Waals surface area contributed by atoms with Crippen molar-refractivity contribution < 1.29 is 14.3 Å². The smallest absolute Gasteiger partial charge is 0.340 e. The fraction of sp³-hybridized carbons (Fsp3) is 0.111. The quantitative estimate of drug-likeness (QED) is 0.687. The molecule has 0 saturated heterocycles. The molecule has 2 aromatic heterocycles. The van der Waals surface area contributed by atoms with Gasteiger partial charge in [0.2, 0.25) is 0 Å². The molecule has 6 nitrogen and oxygen atoms in total. The molecule has 0 aliphatic heterocycles. The number of ether oxygens (including phenoxy) is 1. The lowest BCUT2D eigenvalue weighted by atomic mass is 10.1. The Morgan fingerprint density at radius 2 is 2.15 bits per heavy atom. The molecule has 0 aliphatic rings. The maximum Gasteiger partial charge on any atom is 0.340 e. The van der Waals surface area contributed by atoms with Crippen molar-refractivity contribution in [3.8, 4) is 6.07 Å². The van der Waals surface area contributed by atoms with Crippen LogP contribution in [0.5, 0.6) is 0 Å². The van der Waals surface area contributed by atoms with E-state index in [2.05, 4.69) is 10.3 Å². The van der Waals surface area contributed by atoms with Gasteiger partial charge in [-0.25, -0.2) is 4.79 Å². The van der Waals surface area contributed by atoms with Crippen molar-refractivity contribution in [1.29, 1.82) is 5.26 Å². The van der Waals surface area contributed by atoms with Gasteiger partial charge in [0.15, 0.2) is 6.61 Å². The minimum atomic E-state index is -0.654. The number of halogens is 1. The molecule has 0 aliphatic carbocycles. The van der Waals surface area contributed by atoms with Crippen molar-refractivity contribution in [2.45, 2.75) is 6.92 Å². The molecule has 0 spiro atoms. The highest BCUT2D eigenvalue weighted by Gasteiger charge is 2.16. The summed E-state index contributed by atoms with van der Waals surface area (Å²) in [7, 11) is 0. The molecule has 2 heterocycles. The molecule has 0 radical (unpaired) electrons. The van der Waals surface area contributed by atoms with Crippen molar-refractivity contribution in [3.63, 3.8) is 0 Å². The first-order valence-electron chi connectivity index (χ1n) is 7.49. The number of nitriles is 1. The standard InChI is InChI=1S/C18H12ClN3O3S/c1-10-14(7-12-6-13(19)2-3-15(12)21-10)18(24)25-9-16(23)22-17-11(8-20)4-5-26-17/h2-7H,9H2,1H3,(H,22,23). The van der Waals surface area contributed by atoms with E-state index in [1.807, 2.05) is 6.07 Å². The summed E-state index contributed by atoms with van der Waals surface area (Å²) in [5.74, 6) is -1.18. The number of aromatic nitrogens is 1. The Kier molecular flexibility index (Phi) is 5.16. The van der Waals surface area contributed by atoms with Crippen LogP contribution in [-0.4, -0.2) is 23.5 Å². The molecule has 26 heavy (non-hydrogen) atoms. The molecule has 1 amide bonds. The Bertz CT molecular complexity index is 1060. The number of hydrogen-bond acceptors (Lipinski definition) is 6. The van der Waals surface area contributed by atoms with E-state index < -0.39 is 18.5 Å². The topological polar surface area (TPSA) is 92.1 Å². The zero-order valence-corrected chi connectivity index (χ0v) is 15.1. The summed E-state index contributed by atoms with van der Waals surface area (Å²) in [5, 5.41) is 14.8. The van der Waals surface area contributed by atoms with E-state index in [1.54, 1.807) is 42.6 Å². The van der Waals surface area contributed by atoms with E-state index in [9.17, 15) is 9.59 Å². The van der Waals surface area contributed by atoms with Crippen LogP contribution in [-0.2, 0) is 9.53 Å². The molecule has 0 atom stereocenters. The Hall–Kier alpha value is -2.95. The third kappa shape index (κ3) is 3.82. The lowest BCUT2D eigenvalue weighted by molar-refractivity contribution is -0.119. The summed E-state index contributed by atoms with van der Waals surface area (Å²) in [4.78, 5) is 28.6. The Labute approximate surface area is 158 Å². The van der Waals surface area contributed by atoms with E-state index in [4.69, 9.17) is 21.6 Å². The van der Waals surface area contributed by atoms with E-state index in [0.29, 0.717) is 32.2 Å². The first-order valence-corrected chi connectivity index (χ1v) is 8.75. The molecule has 8 heteroatoms. The molecule has 3 aromatic rings. The number of carbonyl (C=O) groups is 2. The summed E-state index contributed by atoms with van der Waals surface area (Å²) in [6.07, 6.45) is 0. The highest BCUT2D eigenvalue weighted by atomic mass is 35.5. The fourth-order valence-electron chi connectivity index (χ4n) is 2.32. The number of hydrogen-bond donors (Lipinski definition) is 1. The van der Waals surface area contributed by atoms with Crippen LogP contribution in [0.15, 0.2) is 35.7 Å². The van der Waals surface area contributed by atoms with Gasteiger partial charge in [0.25, 0.3) is 5.91 Å². The van der Waals surface area contributed by atoms with Crippen LogP contribution in [0.25, 0.3) is 10.9 Å². The third-order valence-electron chi connectivity index (χ3n) is 3.56. The van der Waals surface area contributed by atoms with Gasteiger partial charge in [-0.2, -0.15) is 5.26 Å². The van der Waals surface area contributed by atoms with Crippen LogP contribution in [0.2, 0.25) is 5.02 Å². The predicted octanol–water partition coefficient (Wildman–Crippen LogP) is 3.93. The van der Waals surface area contributed by atoms with Crippen LogP contribution >= 0.6 is 22.9 Å². The van der Waals surface area contributed by atoms with Crippen molar-refractivity contribution in [3.05, 3.63) is 57.6 Å². The lowest BCUT2D eigenvalue weighted by Gasteiger charge is -2.08. The van der Waals surface area contributed by atoms with Crippen LogP contribution in [0.3, 0.4) is 0 Å². The van der Waals surface area contributed by atoms with Gasteiger partial charge < -0.3 is 10.1 Å². The highest BCUT2D eigenvalue weighted by Crippen LogP contribution is 2.23. The van der Waals surface area contributed by atoms with Gasteiger partial charge in [0, 0.05) is 10.4 Å². The Balaban J connectivity index is 1.70. The van der Waals surface area contributed by atoms with Crippen LogP contribution in [0.4, 0.5) is 5.00 Å². The number of benzene rings is 1. The summed E-state index contributed by atoms with van der Waals surface area (Å²) >= 11 is 7.19. The SMILES string of the molecule is Cc1nc2ccc(Cl)cc2cc1C(=O)OCC(=O)Nc1sccc1C#N. The van der Waals surface area contributed by atoms with Gasteiger partial charge in [-0.15, -0.1) is 11.3 Å². The van der Waals surface area contributed by atoms with E-state index >= 15 is 0 Å². The number of nitrogens with zero attached hydrogens (tertiary/aromatic N) is 2. The van der Waals surface area contributed by atoms with E-state index in [0.717, 1.165) is 0 Å². The Morgan fingerprint density at radius 3 is 2.92 bits per heavy atom. The number of fused-ring (bicyclic) bond motifs is 1. The maximum absolute atomic E-state index is 12.3. The third-order valence-corrected chi connectivity index (χ3v) is 4.63. The monoisotopic (exact) mass is 385 g/mol. The Morgan fingerprint density at radius 1 is 1.35 bits per heavy atom. The van der Waals surface area contributed by atoms with Gasteiger partial charge in [-0.05, 0) is 42.6 Å². The summed E-state index contributed by atoms with van der Waals surface area (Å²) < 4.78 is 5.07. The zero-order valence-electron chi connectivity index (χ0n) is 13.6. The fourth-order valence-corrected chi connectivity index (χ4v) is 3.25. The van der Waals surface area contributed by atoms with Crippen LogP contribution in [0, 0.1) is 18.3 Å². The number of anilines is 1. The second-order valence-electron chi connectivity index (χ2n) is 5.36. The molecule has 1 aromatic carbocycles. The van der Waals surface area contributed by atoms with Crippen molar-refractivity contribution in [2.24, 2.45) is 0 Å². The second kappa shape index (κ2) is 7.52. The molecular weight excluding hydrogens is 374 g/mol. The van der Waals surface area contributed by atoms with Gasteiger partial charge >= 0.3 is 5.97 Å². The van der Waals surface area contributed by atoms with Gasteiger partial charge in [-0.3, -0.25) is 9.78 Å². The molecule has 0 bridgehead atoms. The number of pyridine rings is 1. The molecule has 3 rings (SSSR count). The second-order valence-corrected chi connectivity index (χ2v) is 6.71. The number of nitrogens with one attached hydrogen (secondary N) is 1. The number of esters is 1. The molecular formula is C18H12ClN3O3S. The molecule has 0 fully saturated rings. The molecule has 0 unspecified atom stereocenters. The highest BCUT2D eigenvalue weighted by molar-refractivity contribution is 7.14. The van der Waals surface area contributed by atoms with E-state index in [1.165, 1.54) is 11.3 Å². The van der Waals surface area contributed by atoms with Crippen molar-refractivity contribution in [2.75, 3.05) is 11.9 Å². The van der Waals surface area contributed by atoms with Crippen molar-refractivity contribution in [1.82, 2.24) is 4.98 Å². The number of amides is 1. The molecule has 0 saturated carbocycles. The number of carbonyl (C=O) groups excluding carboxylic acids is 2. The molecule has 130 valence electrons. The number of aryl methyl sites for hydroxylation is 1. The number of rotatable bonds is 4. The average molecular weight is 386 g/mol. The minimum absolute atomic E-state index is 0.265. The number of thiophene rings is 1. The van der Waals surface area contributed by atoms with Gasteiger partial charge in [0.05, 0.1) is 22.3 Å². The predicted molar refractivity (Wildman–Crippen MR) is 99.4 cm³/mol. The molecule has 1 N–H and O–H groups in total.